The molecule has 1 aromatic heterocycles. The van der Waals surface area contributed by atoms with Crippen LogP contribution in [0.1, 0.15) is 102 Å². The fourth-order valence-electron chi connectivity index (χ4n) is 3.21. The molecule has 0 N–H and O–H groups in total. The summed E-state index contributed by atoms with van der Waals surface area (Å²) in [5.41, 5.74) is 1.08. The summed E-state index contributed by atoms with van der Waals surface area (Å²) in [5, 5.41) is 0. The molecular formula is C24H39NO. The van der Waals surface area contributed by atoms with Crippen LogP contribution in [0.5, 0.6) is 0 Å². The van der Waals surface area contributed by atoms with Gasteiger partial charge in [0.2, 0.25) is 0 Å². The minimum Gasteiger partial charge on any atom is -0.299 e. The predicted octanol–water partition coefficient (Wildman–Crippen LogP) is 7.23. The number of hydrogen-bond donors (Lipinski definition) is 0. The zero-order valence-corrected chi connectivity index (χ0v) is 16.9. The topological polar surface area (TPSA) is 30.0 Å². The highest BCUT2D eigenvalue weighted by atomic mass is 16.1. The molecule has 1 rings (SSSR count). The van der Waals surface area contributed by atoms with Gasteiger partial charge in [0.05, 0.1) is 0 Å². The third-order valence-corrected chi connectivity index (χ3v) is 4.87. The van der Waals surface area contributed by atoms with Crippen LogP contribution < -0.4 is 0 Å². The van der Waals surface area contributed by atoms with Crippen molar-refractivity contribution in [3.05, 3.63) is 42.2 Å². The number of Topliss-reactive ketones (excluding diaryl/α,β-unsaturated/α-hetero) is 1. The van der Waals surface area contributed by atoms with E-state index in [1.54, 1.807) is 12.4 Å². The molecular weight excluding hydrogens is 318 g/mol. The van der Waals surface area contributed by atoms with Gasteiger partial charge in [-0.2, -0.15) is 0 Å². The van der Waals surface area contributed by atoms with Gasteiger partial charge >= 0.3 is 0 Å². The van der Waals surface area contributed by atoms with Gasteiger partial charge in [0.15, 0.2) is 0 Å². The molecule has 0 spiro atoms. The Morgan fingerprint density at radius 3 is 1.96 bits per heavy atom. The third-order valence-electron chi connectivity index (χ3n) is 4.87. The second-order valence-corrected chi connectivity index (χ2v) is 7.41. The largest absolute Gasteiger partial charge is 0.299 e. The number of aromatic nitrogens is 1. The van der Waals surface area contributed by atoms with Crippen molar-refractivity contribution < 1.29 is 4.79 Å². The van der Waals surface area contributed by atoms with E-state index in [2.05, 4.69) is 24.1 Å². The van der Waals surface area contributed by atoms with Crippen LogP contribution in [-0.4, -0.2) is 10.8 Å². The number of carbonyl (C=O) groups excluding carboxylic acids is 1. The van der Waals surface area contributed by atoms with E-state index in [4.69, 9.17) is 0 Å². The molecule has 0 unspecified atom stereocenters. The molecule has 0 amide bonds. The highest BCUT2D eigenvalue weighted by Gasteiger charge is 2.03. The average Bonchev–Trinajstić information content (AvgIpc) is 2.65. The minimum absolute atomic E-state index is 0.355. The Morgan fingerprint density at radius 1 is 0.808 bits per heavy atom. The van der Waals surface area contributed by atoms with Gasteiger partial charge in [-0.05, 0) is 49.8 Å². The van der Waals surface area contributed by atoms with Crippen LogP contribution in [0.2, 0.25) is 0 Å². The summed E-state index contributed by atoms with van der Waals surface area (Å²) in [6.45, 7) is 2.27. The van der Waals surface area contributed by atoms with Crippen molar-refractivity contribution in [3.63, 3.8) is 0 Å². The average molecular weight is 358 g/mol. The first kappa shape index (κ1) is 22.6. The Hall–Kier alpha value is -1.44. The molecule has 0 aliphatic rings. The van der Waals surface area contributed by atoms with Crippen LogP contribution in [0.25, 0.3) is 0 Å². The van der Waals surface area contributed by atoms with Gasteiger partial charge in [-0.3, -0.25) is 9.78 Å². The molecule has 2 nitrogen and oxygen atoms in total. The maximum Gasteiger partial charge on any atom is 0.137 e. The van der Waals surface area contributed by atoms with Crippen LogP contribution in [0.4, 0.5) is 0 Å². The molecule has 2 heteroatoms. The summed E-state index contributed by atoms with van der Waals surface area (Å²) in [5.74, 6) is 0.355. The van der Waals surface area contributed by atoms with Crippen molar-refractivity contribution in [2.45, 2.75) is 103 Å². The van der Waals surface area contributed by atoms with E-state index in [9.17, 15) is 4.79 Å². The fourth-order valence-corrected chi connectivity index (χ4v) is 3.21. The van der Waals surface area contributed by atoms with Crippen molar-refractivity contribution in [1.82, 2.24) is 4.98 Å². The van der Waals surface area contributed by atoms with Crippen molar-refractivity contribution in [2.24, 2.45) is 0 Å². The van der Waals surface area contributed by atoms with Crippen LogP contribution in [-0.2, 0) is 11.2 Å². The third kappa shape index (κ3) is 13.8. The number of hydrogen-bond acceptors (Lipinski definition) is 2. The minimum atomic E-state index is 0.355. The second-order valence-electron chi connectivity index (χ2n) is 7.41. The van der Waals surface area contributed by atoms with E-state index in [0.717, 1.165) is 18.4 Å². The number of carbonyl (C=O) groups is 1. The molecule has 0 aliphatic carbocycles. The fraction of sp³-hybridized carbons (Fsp3) is 0.667. The monoisotopic (exact) mass is 357 g/mol. The molecule has 1 aromatic rings. The number of allylic oxidation sites excluding steroid dienone is 2. The van der Waals surface area contributed by atoms with Gasteiger partial charge in [-0.15, -0.1) is 0 Å². The van der Waals surface area contributed by atoms with E-state index in [1.165, 1.54) is 77.0 Å². The van der Waals surface area contributed by atoms with Crippen molar-refractivity contribution in [3.8, 4) is 0 Å². The zero-order chi connectivity index (χ0) is 18.7. The molecule has 0 saturated heterocycles. The summed E-state index contributed by atoms with van der Waals surface area (Å²) >= 11 is 0. The van der Waals surface area contributed by atoms with E-state index < -0.39 is 0 Å². The summed E-state index contributed by atoms with van der Waals surface area (Å²) < 4.78 is 0. The highest BCUT2D eigenvalue weighted by Crippen LogP contribution is 2.11. The van der Waals surface area contributed by atoms with E-state index in [0.29, 0.717) is 12.2 Å². The molecule has 1 heterocycles. The van der Waals surface area contributed by atoms with Gasteiger partial charge in [-0.1, -0.05) is 70.4 Å². The lowest BCUT2D eigenvalue weighted by atomic mass is 10.0. The summed E-state index contributed by atoms with van der Waals surface area (Å²) in [4.78, 5) is 15.9. The molecule has 0 radical (unpaired) electrons. The Balaban J connectivity index is 1.83. The number of unbranched alkanes of at least 4 members (excludes halogenated alkanes) is 11. The summed E-state index contributed by atoms with van der Waals surface area (Å²) in [6.07, 6.45) is 26.4. The Labute approximate surface area is 161 Å². The van der Waals surface area contributed by atoms with Crippen LogP contribution in [0, 0.1) is 0 Å². The van der Waals surface area contributed by atoms with E-state index in [1.807, 2.05) is 12.1 Å². The lowest BCUT2D eigenvalue weighted by Crippen LogP contribution is -2.02. The van der Waals surface area contributed by atoms with Gasteiger partial charge in [0, 0.05) is 25.2 Å². The first-order valence-corrected chi connectivity index (χ1v) is 10.9. The molecule has 0 aromatic carbocycles. The van der Waals surface area contributed by atoms with Gasteiger partial charge in [0.25, 0.3) is 0 Å². The number of rotatable bonds is 17. The Bertz CT molecular complexity index is 466. The number of pyridine rings is 1. The van der Waals surface area contributed by atoms with Crippen molar-refractivity contribution in [1.29, 1.82) is 0 Å². The highest BCUT2D eigenvalue weighted by molar-refractivity contribution is 5.80. The molecule has 146 valence electrons. The van der Waals surface area contributed by atoms with Gasteiger partial charge in [0.1, 0.15) is 5.78 Å². The normalized spacial score (nSPS) is 11.3. The van der Waals surface area contributed by atoms with Crippen LogP contribution >= 0.6 is 0 Å². The zero-order valence-electron chi connectivity index (χ0n) is 16.9. The summed E-state index contributed by atoms with van der Waals surface area (Å²) in [6, 6.07) is 3.86. The second kappa shape index (κ2) is 17.0. The lowest BCUT2D eigenvalue weighted by molar-refractivity contribution is -0.118. The van der Waals surface area contributed by atoms with Crippen LogP contribution in [0.3, 0.4) is 0 Å². The first-order chi connectivity index (χ1) is 12.8. The quantitative estimate of drug-likeness (QED) is 0.217. The first-order valence-electron chi connectivity index (χ1n) is 10.9. The lowest BCUT2D eigenvalue weighted by Gasteiger charge is -2.02. The molecule has 0 fully saturated rings. The summed E-state index contributed by atoms with van der Waals surface area (Å²) in [7, 11) is 0. The van der Waals surface area contributed by atoms with E-state index >= 15 is 0 Å². The smallest absolute Gasteiger partial charge is 0.137 e. The predicted molar refractivity (Wildman–Crippen MR) is 112 cm³/mol. The molecule has 0 aliphatic heterocycles. The number of nitrogens with zero attached hydrogens (tertiary/aromatic N) is 1. The van der Waals surface area contributed by atoms with Gasteiger partial charge in [-0.25, -0.2) is 0 Å². The Morgan fingerprint density at radius 2 is 1.35 bits per heavy atom. The Kier molecular flexibility index (Phi) is 14.8. The van der Waals surface area contributed by atoms with Crippen LogP contribution in [0.15, 0.2) is 36.7 Å². The van der Waals surface area contributed by atoms with Crippen molar-refractivity contribution >= 4 is 5.78 Å². The molecule has 0 bridgehead atoms. The molecule has 0 saturated carbocycles. The number of ketones is 1. The van der Waals surface area contributed by atoms with Gasteiger partial charge < -0.3 is 0 Å². The maximum absolute atomic E-state index is 11.9. The SMILES string of the molecule is CCCCCCCC/C=C\CCCCCCCC(=O)Cc1ccncc1. The molecule has 26 heavy (non-hydrogen) atoms. The standard InChI is InChI=1S/C24H39NO/c1-2-3-4-5-6-7-8-9-10-11-12-13-14-15-16-17-24(26)22-23-18-20-25-21-19-23/h9-10,18-21H,2-8,11-17,22H2,1H3/b10-9-. The maximum atomic E-state index is 11.9. The van der Waals surface area contributed by atoms with Crippen molar-refractivity contribution in [2.75, 3.05) is 0 Å². The molecule has 0 atom stereocenters. The van der Waals surface area contributed by atoms with E-state index in [-0.39, 0.29) is 0 Å².